The van der Waals surface area contributed by atoms with Gasteiger partial charge >= 0.3 is 5.97 Å². The first kappa shape index (κ1) is 14.6. The lowest BCUT2D eigenvalue weighted by atomic mass is 10.1. The third-order valence-corrected chi connectivity index (χ3v) is 3.26. The predicted octanol–water partition coefficient (Wildman–Crippen LogP) is 2.01. The van der Waals surface area contributed by atoms with E-state index in [0.29, 0.717) is 5.56 Å². The summed E-state index contributed by atoms with van der Waals surface area (Å²) in [4.78, 5) is 23.9. The van der Waals surface area contributed by atoms with Crippen LogP contribution in [0.15, 0.2) is 23.1 Å². The van der Waals surface area contributed by atoms with E-state index in [1.54, 1.807) is 11.8 Å². The Balaban J connectivity index is 2.63. The molecule has 0 radical (unpaired) electrons. The van der Waals surface area contributed by atoms with Crippen LogP contribution in [-0.2, 0) is 9.53 Å². The van der Waals surface area contributed by atoms with E-state index >= 15 is 0 Å². The number of amides is 1. The number of aryl methyl sites for hydroxylation is 1. The summed E-state index contributed by atoms with van der Waals surface area (Å²) >= 11 is 1.59. The first-order chi connectivity index (χ1) is 8.58. The highest BCUT2D eigenvalue weighted by Gasteiger charge is 2.10. The lowest BCUT2D eigenvalue weighted by Crippen LogP contribution is -2.27. The van der Waals surface area contributed by atoms with Crippen LogP contribution in [0.5, 0.6) is 0 Å². The summed E-state index contributed by atoms with van der Waals surface area (Å²) in [6, 6.07) is 5.75. The summed E-state index contributed by atoms with van der Waals surface area (Å²) in [5.41, 5.74) is 1.56. The quantitative estimate of drug-likeness (QED) is 0.655. The zero-order valence-corrected chi connectivity index (χ0v) is 11.6. The molecule has 0 spiro atoms. The van der Waals surface area contributed by atoms with Crippen LogP contribution in [0.4, 0.5) is 0 Å². The summed E-state index contributed by atoms with van der Waals surface area (Å²) in [6.45, 7) is 2.17. The molecule has 5 heteroatoms. The Morgan fingerprint density at radius 2 is 2.11 bits per heavy atom. The number of esters is 1. The van der Waals surface area contributed by atoms with Gasteiger partial charge in [-0.15, -0.1) is 11.8 Å². The van der Waals surface area contributed by atoms with Gasteiger partial charge in [0.05, 0.1) is 13.5 Å². The molecule has 0 fully saturated rings. The van der Waals surface area contributed by atoms with Crippen LogP contribution in [0.3, 0.4) is 0 Å². The molecule has 0 atom stereocenters. The summed E-state index contributed by atoms with van der Waals surface area (Å²) < 4.78 is 4.50. The van der Waals surface area contributed by atoms with E-state index < -0.39 is 0 Å². The van der Waals surface area contributed by atoms with Crippen LogP contribution in [0.1, 0.15) is 22.3 Å². The highest BCUT2D eigenvalue weighted by atomic mass is 32.2. The number of nitrogens with one attached hydrogen (secondary N) is 1. The van der Waals surface area contributed by atoms with Gasteiger partial charge in [-0.25, -0.2) is 0 Å². The van der Waals surface area contributed by atoms with Gasteiger partial charge in [-0.2, -0.15) is 0 Å². The SMILES string of the molecule is COC(=O)CCNC(=O)c1cc(SC)ccc1C. The Hall–Kier alpha value is -1.49. The van der Waals surface area contributed by atoms with Crippen LogP contribution >= 0.6 is 11.8 Å². The van der Waals surface area contributed by atoms with Crippen molar-refractivity contribution in [2.45, 2.75) is 18.2 Å². The van der Waals surface area contributed by atoms with Gasteiger partial charge < -0.3 is 10.1 Å². The van der Waals surface area contributed by atoms with E-state index in [0.717, 1.165) is 10.5 Å². The molecule has 1 amide bonds. The van der Waals surface area contributed by atoms with Crippen molar-refractivity contribution >= 4 is 23.6 Å². The van der Waals surface area contributed by atoms with Crippen molar-refractivity contribution < 1.29 is 14.3 Å². The van der Waals surface area contributed by atoms with Crippen molar-refractivity contribution in [1.82, 2.24) is 5.32 Å². The maximum absolute atomic E-state index is 11.9. The van der Waals surface area contributed by atoms with Crippen molar-refractivity contribution in [1.29, 1.82) is 0 Å². The molecular weight excluding hydrogens is 250 g/mol. The Morgan fingerprint density at radius 3 is 2.72 bits per heavy atom. The number of carbonyl (C=O) groups is 2. The molecule has 0 heterocycles. The van der Waals surface area contributed by atoms with Gasteiger partial charge in [0.1, 0.15) is 0 Å². The van der Waals surface area contributed by atoms with E-state index in [1.165, 1.54) is 7.11 Å². The van der Waals surface area contributed by atoms with Crippen LogP contribution in [0.2, 0.25) is 0 Å². The highest BCUT2D eigenvalue weighted by molar-refractivity contribution is 7.98. The molecule has 0 aliphatic heterocycles. The van der Waals surface area contributed by atoms with Gasteiger partial charge in [-0.1, -0.05) is 6.07 Å². The fraction of sp³-hybridized carbons (Fsp3) is 0.385. The van der Waals surface area contributed by atoms with Gasteiger partial charge in [0.25, 0.3) is 5.91 Å². The van der Waals surface area contributed by atoms with E-state index in [4.69, 9.17) is 0 Å². The topological polar surface area (TPSA) is 55.4 Å². The third kappa shape index (κ3) is 4.07. The maximum Gasteiger partial charge on any atom is 0.307 e. The summed E-state index contributed by atoms with van der Waals surface area (Å²) in [7, 11) is 1.33. The van der Waals surface area contributed by atoms with Gasteiger partial charge in [0.15, 0.2) is 0 Å². The maximum atomic E-state index is 11.9. The van der Waals surface area contributed by atoms with Crippen LogP contribution in [0, 0.1) is 6.92 Å². The summed E-state index contributed by atoms with van der Waals surface area (Å²) in [5.74, 6) is -0.489. The number of hydrogen-bond donors (Lipinski definition) is 1. The molecule has 0 unspecified atom stereocenters. The normalized spacial score (nSPS) is 9.94. The molecule has 1 N–H and O–H groups in total. The van der Waals surface area contributed by atoms with E-state index in [9.17, 15) is 9.59 Å². The van der Waals surface area contributed by atoms with Gasteiger partial charge in [0.2, 0.25) is 0 Å². The predicted molar refractivity (Wildman–Crippen MR) is 71.9 cm³/mol. The lowest BCUT2D eigenvalue weighted by molar-refractivity contribution is -0.140. The Labute approximate surface area is 111 Å². The molecule has 0 bridgehead atoms. The minimum absolute atomic E-state index is 0.160. The molecule has 0 aliphatic carbocycles. The number of benzene rings is 1. The number of carbonyl (C=O) groups excluding carboxylic acids is 2. The van der Waals surface area contributed by atoms with Gasteiger partial charge in [-0.3, -0.25) is 9.59 Å². The fourth-order valence-electron chi connectivity index (χ4n) is 1.45. The molecule has 1 aromatic carbocycles. The third-order valence-electron chi connectivity index (χ3n) is 2.53. The van der Waals surface area contributed by atoms with Crippen molar-refractivity contribution in [3.8, 4) is 0 Å². The Kier molecular flexibility index (Phi) is 5.71. The standard InChI is InChI=1S/C13H17NO3S/c1-9-4-5-10(18-3)8-11(9)13(16)14-7-6-12(15)17-2/h4-5,8H,6-7H2,1-3H3,(H,14,16). The van der Waals surface area contributed by atoms with E-state index in [-0.39, 0.29) is 24.8 Å². The molecule has 1 rings (SSSR count). The van der Waals surface area contributed by atoms with Crippen molar-refractivity contribution in [3.05, 3.63) is 29.3 Å². The molecule has 0 aromatic heterocycles. The largest absolute Gasteiger partial charge is 0.469 e. The smallest absolute Gasteiger partial charge is 0.307 e. The molecule has 0 saturated heterocycles. The second kappa shape index (κ2) is 7.06. The first-order valence-corrected chi connectivity index (χ1v) is 6.80. The molecule has 18 heavy (non-hydrogen) atoms. The van der Waals surface area contributed by atoms with Crippen molar-refractivity contribution in [2.24, 2.45) is 0 Å². The number of thioether (sulfide) groups is 1. The second-order valence-electron chi connectivity index (χ2n) is 3.76. The fourth-order valence-corrected chi connectivity index (χ4v) is 1.89. The molecule has 0 saturated carbocycles. The van der Waals surface area contributed by atoms with Crippen molar-refractivity contribution in [3.63, 3.8) is 0 Å². The van der Waals surface area contributed by atoms with Gasteiger partial charge in [0, 0.05) is 17.0 Å². The molecule has 4 nitrogen and oxygen atoms in total. The Bertz CT molecular complexity index is 446. The first-order valence-electron chi connectivity index (χ1n) is 5.58. The van der Waals surface area contributed by atoms with Gasteiger partial charge in [-0.05, 0) is 30.9 Å². The Morgan fingerprint density at radius 1 is 1.39 bits per heavy atom. The van der Waals surface area contributed by atoms with Crippen LogP contribution < -0.4 is 5.32 Å². The zero-order chi connectivity index (χ0) is 13.5. The molecule has 1 aromatic rings. The van der Waals surface area contributed by atoms with Crippen LogP contribution in [-0.4, -0.2) is 31.8 Å². The molecular formula is C13H17NO3S. The highest BCUT2D eigenvalue weighted by Crippen LogP contribution is 2.18. The van der Waals surface area contributed by atoms with Crippen molar-refractivity contribution in [2.75, 3.05) is 19.9 Å². The number of rotatable bonds is 5. The lowest BCUT2D eigenvalue weighted by Gasteiger charge is -2.08. The molecule has 98 valence electrons. The molecule has 0 aliphatic rings. The number of ether oxygens (including phenoxy) is 1. The van der Waals surface area contributed by atoms with E-state index in [1.807, 2.05) is 31.4 Å². The summed E-state index contributed by atoms with van der Waals surface area (Å²) in [5, 5.41) is 2.71. The second-order valence-corrected chi connectivity index (χ2v) is 4.64. The minimum Gasteiger partial charge on any atom is -0.469 e. The number of hydrogen-bond acceptors (Lipinski definition) is 4. The minimum atomic E-state index is -0.329. The van der Waals surface area contributed by atoms with Crippen LogP contribution in [0.25, 0.3) is 0 Å². The zero-order valence-electron chi connectivity index (χ0n) is 10.8. The average molecular weight is 267 g/mol. The summed E-state index contributed by atoms with van der Waals surface area (Å²) in [6.07, 6.45) is 2.15. The monoisotopic (exact) mass is 267 g/mol. The number of methoxy groups -OCH3 is 1. The average Bonchev–Trinajstić information content (AvgIpc) is 2.38. The van der Waals surface area contributed by atoms with E-state index in [2.05, 4.69) is 10.1 Å².